The molecule has 2 fully saturated rings. The zero-order chi connectivity index (χ0) is 19.3. The second-order valence-corrected chi connectivity index (χ2v) is 8.59. The third-order valence-electron chi connectivity index (χ3n) is 5.99. The van der Waals surface area contributed by atoms with Crippen LogP contribution in [0, 0.1) is 17.8 Å². The van der Waals surface area contributed by atoms with Gasteiger partial charge in [-0.25, -0.2) is 0 Å². The summed E-state index contributed by atoms with van der Waals surface area (Å²) in [7, 11) is 1.32. The van der Waals surface area contributed by atoms with Crippen molar-refractivity contribution in [2.24, 2.45) is 17.8 Å². The fourth-order valence-corrected chi connectivity index (χ4v) is 4.83. The van der Waals surface area contributed by atoms with E-state index >= 15 is 0 Å². The number of fused-ring (bicyclic) bond motifs is 2. The molecule has 1 aromatic carbocycles. The van der Waals surface area contributed by atoms with Crippen molar-refractivity contribution in [1.82, 2.24) is 4.90 Å². The molecule has 1 saturated carbocycles. The molecule has 27 heavy (non-hydrogen) atoms. The number of ether oxygens (including phenoxy) is 1. The smallest absolute Gasteiger partial charge is 0.420 e. The number of alkyl halides is 3. The number of likely N-dealkylation sites (tertiary alicyclic amines) is 1. The van der Waals surface area contributed by atoms with Crippen LogP contribution in [-0.4, -0.2) is 25.1 Å². The molecule has 0 radical (unpaired) electrons. The zero-order valence-corrected chi connectivity index (χ0v) is 17.0. The Morgan fingerprint density at radius 2 is 1.96 bits per heavy atom. The molecule has 3 unspecified atom stereocenters. The van der Waals surface area contributed by atoms with Crippen LogP contribution in [-0.2, 0) is 6.18 Å². The number of halogens is 4. The largest absolute Gasteiger partial charge is 0.495 e. The average Bonchev–Trinajstić information content (AvgIpc) is 3.13. The van der Waals surface area contributed by atoms with Gasteiger partial charge in [0.1, 0.15) is 5.75 Å². The number of hydrogen-bond acceptors (Lipinski definition) is 2. The van der Waals surface area contributed by atoms with E-state index in [1.54, 1.807) is 0 Å². The van der Waals surface area contributed by atoms with Crippen LogP contribution < -0.4 is 15.2 Å². The topological polar surface area (TPSA) is 12.5 Å². The standard InChI is InChI=1S/C21H23BrF3NO/c1-3-12-4-5-26(11-12)15-7-13-6-14(13)8-16-17(9-15)20(27-2)18(10-19(16)22)21(23,24)25/h7-10,12-14H,3-6,11H2,1-2H3. The molecule has 2 nitrogen and oxygen atoms in total. The lowest BCUT2D eigenvalue weighted by Crippen LogP contribution is -2.33. The van der Waals surface area contributed by atoms with Gasteiger partial charge in [-0.1, -0.05) is 41.4 Å². The first-order chi connectivity index (χ1) is 12.8. The Balaban J connectivity index is 1.93. The Hall–Kier alpha value is -1.43. The van der Waals surface area contributed by atoms with E-state index in [0.717, 1.165) is 49.3 Å². The van der Waals surface area contributed by atoms with Crippen molar-refractivity contribution in [3.05, 3.63) is 38.3 Å². The van der Waals surface area contributed by atoms with Crippen LogP contribution in [0.15, 0.2) is 22.3 Å². The molecule has 1 aromatic rings. The first-order valence-electron chi connectivity index (χ1n) is 9.45. The minimum absolute atomic E-state index is 0.0896. The van der Waals surface area contributed by atoms with E-state index in [2.05, 4.69) is 39.9 Å². The van der Waals surface area contributed by atoms with Crippen LogP contribution in [0.2, 0.25) is 0 Å². The Morgan fingerprint density at radius 3 is 2.59 bits per heavy atom. The van der Waals surface area contributed by atoms with Crippen LogP contribution in [0.25, 0.3) is 12.2 Å². The molecule has 0 aromatic heterocycles. The summed E-state index contributed by atoms with van der Waals surface area (Å²) in [6.45, 7) is 4.12. The van der Waals surface area contributed by atoms with Gasteiger partial charge in [0.15, 0.2) is 0 Å². The number of nitrogens with zero attached hydrogens (tertiary/aromatic N) is 1. The van der Waals surface area contributed by atoms with Gasteiger partial charge in [-0.15, -0.1) is 0 Å². The molecular weight excluding hydrogens is 419 g/mol. The minimum atomic E-state index is -4.47. The van der Waals surface area contributed by atoms with Crippen LogP contribution in [0.4, 0.5) is 13.2 Å². The van der Waals surface area contributed by atoms with Crippen molar-refractivity contribution in [2.45, 2.75) is 32.4 Å². The molecular formula is C21H23BrF3NO. The summed E-state index contributed by atoms with van der Waals surface area (Å²) in [6, 6.07) is 1.15. The number of rotatable bonds is 3. The van der Waals surface area contributed by atoms with Crippen LogP contribution in [0.1, 0.15) is 31.7 Å². The molecule has 3 aliphatic rings. The van der Waals surface area contributed by atoms with Crippen molar-refractivity contribution < 1.29 is 17.9 Å². The van der Waals surface area contributed by atoms with E-state index in [-0.39, 0.29) is 5.75 Å². The second kappa shape index (κ2) is 6.87. The maximum absolute atomic E-state index is 13.6. The van der Waals surface area contributed by atoms with Crippen molar-refractivity contribution in [2.75, 3.05) is 20.2 Å². The highest BCUT2D eigenvalue weighted by Crippen LogP contribution is 2.43. The Kier molecular flexibility index (Phi) is 4.81. The van der Waals surface area contributed by atoms with E-state index in [4.69, 9.17) is 4.74 Å². The number of benzene rings is 1. The third kappa shape index (κ3) is 3.53. The van der Waals surface area contributed by atoms with Gasteiger partial charge in [-0.2, -0.15) is 13.2 Å². The van der Waals surface area contributed by atoms with Crippen LogP contribution in [0.5, 0.6) is 5.75 Å². The second-order valence-electron chi connectivity index (χ2n) is 7.74. The predicted octanol–water partition coefficient (Wildman–Crippen LogP) is 4.30. The Morgan fingerprint density at radius 1 is 1.22 bits per heavy atom. The molecule has 2 aliphatic carbocycles. The lowest BCUT2D eigenvalue weighted by Gasteiger charge is -2.22. The van der Waals surface area contributed by atoms with Crippen molar-refractivity contribution >= 4 is 28.1 Å². The van der Waals surface area contributed by atoms with Gasteiger partial charge in [0.2, 0.25) is 0 Å². The summed E-state index contributed by atoms with van der Waals surface area (Å²) < 4.78 is 46.6. The monoisotopic (exact) mass is 441 g/mol. The molecule has 1 aliphatic heterocycles. The van der Waals surface area contributed by atoms with Gasteiger partial charge in [0, 0.05) is 28.5 Å². The zero-order valence-electron chi connectivity index (χ0n) is 15.4. The molecule has 0 spiro atoms. The van der Waals surface area contributed by atoms with E-state index < -0.39 is 11.7 Å². The highest BCUT2D eigenvalue weighted by Gasteiger charge is 2.38. The molecule has 1 heterocycles. The van der Waals surface area contributed by atoms with Crippen molar-refractivity contribution in [3.63, 3.8) is 0 Å². The predicted molar refractivity (Wildman–Crippen MR) is 104 cm³/mol. The summed E-state index contributed by atoms with van der Waals surface area (Å²) >= 11 is 3.38. The fourth-order valence-electron chi connectivity index (χ4n) is 4.25. The fraction of sp³-hybridized carbons (Fsp3) is 0.524. The first-order valence-corrected chi connectivity index (χ1v) is 10.2. The third-order valence-corrected chi connectivity index (χ3v) is 6.65. The molecule has 4 rings (SSSR count). The SMILES string of the molecule is CCC1CCN(C2=CC3CC3C=c3c(Br)cc(C(F)(F)F)c(OC)c3=C2)C1. The summed E-state index contributed by atoms with van der Waals surface area (Å²) in [5, 5.41) is 1.33. The van der Waals surface area contributed by atoms with Gasteiger partial charge in [0.25, 0.3) is 0 Å². The molecule has 0 N–H and O–H groups in total. The van der Waals surface area contributed by atoms with E-state index in [1.807, 2.05) is 6.08 Å². The molecule has 146 valence electrons. The van der Waals surface area contributed by atoms with Crippen LogP contribution >= 0.6 is 15.9 Å². The summed E-state index contributed by atoms with van der Waals surface area (Å²) in [5.41, 5.74) is 0.303. The molecule has 0 amide bonds. The van der Waals surface area contributed by atoms with Crippen molar-refractivity contribution in [1.29, 1.82) is 0 Å². The molecule has 1 saturated heterocycles. The highest BCUT2D eigenvalue weighted by molar-refractivity contribution is 9.10. The van der Waals surface area contributed by atoms with Gasteiger partial charge < -0.3 is 9.64 Å². The Bertz CT molecular complexity index is 905. The first kappa shape index (κ1) is 18.9. The highest BCUT2D eigenvalue weighted by atomic mass is 79.9. The minimum Gasteiger partial charge on any atom is -0.495 e. The molecule has 3 atom stereocenters. The lowest BCUT2D eigenvalue weighted by molar-refractivity contribution is -0.138. The van der Waals surface area contributed by atoms with Gasteiger partial charge in [-0.05, 0) is 48.0 Å². The number of allylic oxidation sites excluding steroid dienone is 2. The average molecular weight is 442 g/mol. The molecule has 6 heteroatoms. The summed E-state index contributed by atoms with van der Waals surface area (Å²) in [5.74, 6) is 1.43. The van der Waals surface area contributed by atoms with E-state index in [9.17, 15) is 13.2 Å². The van der Waals surface area contributed by atoms with Gasteiger partial charge in [0.05, 0.1) is 12.7 Å². The van der Waals surface area contributed by atoms with Crippen LogP contribution in [0.3, 0.4) is 0 Å². The van der Waals surface area contributed by atoms with Crippen molar-refractivity contribution in [3.8, 4) is 5.75 Å². The quantitative estimate of drug-likeness (QED) is 0.692. The van der Waals surface area contributed by atoms with E-state index in [1.165, 1.54) is 7.11 Å². The number of hydrogen-bond donors (Lipinski definition) is 0. The maximum atomic E-state index is 13.6. The lowest BCUT2D eigenvalue weighted by atomic mass is 10.0. The maximum Gasteiger partial charge on any atom is 0.420 e. The molecule has 0 bridgehead atoms. The Labute approximate surface area is 165 Å². The van der Waals surface area contributed by atoms with E-state index in [0.29, 0.717) is 27.4 Å². The number of methoxy groups -OCH3 is 1. The summed E-state index contributed by atoms with van der Waals surface area (Å²) in [6.07, 6.45) is 5.09. The normalized spacial score (nSPS) is 26.8. The van der Waals surface area contributed by atoms with Gasteiger partial charge in [-0.3, -0.25) is 0 Å². The summed E-state index contributed by atoms with van der Waals surface area (Å²) in [4.78, 5) is 2.33. The van der Waals surface area contributed by atoms with Gasteiger partial charge >= 0.3 is 6.18 Å².